The molecule has 5 aromatic rings. The number of hydrogen-bond donors (Lipinski definition) is 2. The molecule has 0 saturated carbocycles. The van der Waals surface area contributed by atoms with Crippen molar-refractivity contribution < 1.29 is 33.0 Å². The van der Waals surface area contributed by atoms with Crippen molar-refractivity contribution >= 4 is 38.8 Å². The van der Waals surface area contributed by atoms with Crippen molar-refractivity contribution in [2.24, 2.45) is 0 Å². The molecule has 5 rings (SSSR count). The molecule has 11 nitrogen and oxygen atoms in total. The molecule has 3 N–H and O–H groups in total. The number of aryl methyl sites for hydroxylation is 2. The number of carbonyl (C=O) groups excluding carboxylic acids is 2. The zero-order valence-electron chi connectivity index (χ0n) is 23.2. The summed E-state index contributed by atoms with van der Waals surface area (Å²) in [7, 11) is 4.47. The van der Waals surface area contributed by atoms with Gasteiger partial charge in [0.05, 0.1) is 32.7 Å². The van der Waals surface area contributed by atoms with Gasteiger partial charge in [-0.15, -0.1) is 11.3 Å². The van der Waals surface area contributed by atoms with Gasteiger partial charge in [0, 0.05) is 28.6 Å². The van der Waals surface area contributed by atoms with Crippen LogP contribution in [0.1, 0.15) is 43.9 Å². The van der Waals surface area contributed by atoms with Crippen molar-refractivity contribution in [3.8, 4) is 34.1 Å². The highest BCUT2D eigenvalue weighted by atomic mass is 32.1. The number of aromatic nitrogens is 3. The first-order chi connectivity index (χ1) is 19.6. The lowest BCUT2D eigenvalue weighted by atomic mass is 9.92. The van der Waals surface area contributed by atoms with E-state index in [-0.39, 0.29) is 22.0 Å². The van der Waals surface area contributed by atoms with E-state index in [1.54, 1.807) is 31.2 Å². The van der Waals surface area contributed by atoms with Crippen LogP contribution in [0.15, 0.2) is 45.7 Å². The van der Waals surface area contributed by atoms with Gasteiger partial charge in [-0.25, -0.2) is 9.78 Å². The van der Waals surface area contributed by atoms with Gasteiger partial charge in [0.2, 0.25) is 11.4 Å². The van der Waals surface area contributed by atoms with Crippen LogP contribution in [0.3, 0.4) is 0 Å². The van der Waals surface area contributed by atoms with E-state index in [1.165, 1.54) is 32.9 Å². The van der Waals surface area contributed by atoms with Crippen molar-refractivity contribution in [2.45, 2.75) is 20.8 Å². The van der Waals surface area contributed by atoms with Gasteiger partial charge in [0.1, 0.15) is 9.71 Å². The average molecular weight is 576 g/mol. The van der Waals surface area contributed by atoms with Gasteiger partial charge in [-0.2, -0.15) is 0 Å². The fraction of sp³-hybridized carbons (Fsp3) is 0.207. The molecule has 3 aromatic heterocycles. The Morgan fingerprint density at radius 1 is 1.02 bits per heavy atom. The molecule has 0 aliphatic rings. The summed E-state index contributed by atoms with van der Waals surface area (Å²) in [5.41, 5.74) is 8.92. The van der Waals surface area contributed by atoms with E-state index in [9.17, 15) is 14.4 Å². The second-order valence-electron chi connectivity index (χ2n) is 9.27. The maximum atomic E-state index is 13.9. The smallest absolute Gasteiger partial charge is 0.439 e. The number of fused-ring (bicyclic) bond motifs is 1. The van der Waals surface area contributed by atoms with E-state index >= 15 is 0 Å². The van der Waals surface area contributed by atoms with Gasteiger partial charge in [-0.05, 0) is 48.4 Å². The number of hydrogen-bond acceptors (Lipinski definition) is 10. The quantitative estimate of drug-likeness (QED) is 0.205. The lowest BCUT2D eigenvalue weighted by molar-refractivity contribution is -0.672. The second-order valence-corrected chi connectivity index (χ2v) is 10.3. The number of nitrogen functional groups attached to an aromatic ring is 1. The van der Waals surface area contributed by atoms with Crippen molar-refractivity contribution in [2.75, 3.05) is 27.1 Å². The Bertz CT molecular complexity index is 1880. The Balaban J connectivity index is 1.79. The normalized spacial score (nSPS) is 11.1. The molecule has 0 radical (unpaired) electrons. The number of ketones is 2. The Morgan fingerprint density at radius 3 is 2.22 bits per heavy atom. The van der Waals surface area contributed by atoms with E-state index in [2.05, 4.69) is 10.3 Å². The van der Waals surface area contributed by atoms with Crippen LogP contribution in [0.25, 0.3) is 27.0 Å². The third-order valence-electron chi connectivity index (χ3n) is 6.72. The summed E-state index contributed by atoms with van der Waals surface area (Å²) in [5, 5.41) is 2.89. The molecule has 0 bridgehead atoms. The highest BCUT2D eigenvalue weighted by molar-refractivity contribution is 7.21. The van der Waals surface area contributed by atoms with Crippen molar-refractivity contribution in [3.05, 3.63) is 74.2 Å². The molecule has 210 valence electrons. The van der Waals surface area contributed by atoms with E-state index in [1.807, 2.05) is 19.1 Å². The monoisotopic (exact) mass is 575 g/mol. The van der Waals surface area contributed by atoms with Crippen molar-refractivity contribution in [1.29, 1.82) is 0 Å². The van der Waals surface area contributed by atoms with Gasteiger partial charge in [-0.1, -0.05) is 17.7 Å². The third-order valence-corrected chi connectivity index (χ3v) is 7.82. The first kappa shape index (κ1) is 27.6. The minimum atomic E-state index is -0.856. The molecule has 0 atom stereocenters. The largest absolute Gasteiger partial charge is 0.493 e. The van der Waals surface area contributed by atoms with Gasteiger partial charge >= 0.3 is 11.3 Å². The molecule has 0 unspecified atom stereocenters. The Kier molecular flexibility index (Phi) is 7.09. The number of aromatic amines is 1. The predicted octanol–water partition coefficient (Wildman–Crippen LogP) is 4.18. The van der Waals surface area contributed by atoms with Crippen LogP contribution in [0, 0.1) is 13.8 Å². The molecule has 0 saturated heterocycles. The topological polar surface area (TPSA) is 151 Å². The van der Waals surface area contributed by atoms with Gasteiger partial charge in [-0.3, -0.25) is 14.1 Å². The fourth-order valence-electron chi connectivity index (χ4n) is 4.83. The predicted molar refractivity (Wildman–Crippen MR) is 153 cm³/mol. The Morgan fingerprint density at radius 2 is 1.66 bits per heavy atom. The lowest BCUT2D eigenvalue weighted by Gasteiger charge is -2.17. The molecule has 41 heavy (non-hydrogen) atoms. The summed E-state index contributed by atoms with van der Waals surface area (Å²) in [6.45, 7) is 5.06. The van der Waals surface area contributed by atoms with E-state index in [0.717, 1.165) is 16.9 Å². The van der Waals surface area contributed by atoms with Crippen LogP contribution in [0.2, 0.25) is 0 Å². The summed E-state index contributed by atoms with van der Waals surface area (Å²) in [6.07, 6.45) is 0. The standard InChI is InChI=1S/C29H26N4O7S/c1-13-7-9-17(10-8-13)33-24(29(36)40-32-33)25(35)27-23(30)22-21(20(15(3)34)14(2)31-28(22)41-27)16-11-18(37-4)26(39-6)19(12-16)38-5/h7-12H,1-6H3,(H2-,30,32,35,36)/p+1. The molecular formula is C29H27N4O7S+. The van der Waals surface area contributed by atoms with Crippen LogP contribution in [0.5, 0.6) is 17.2 Å². The number of methoxy groups -OCH3 is 3. The molecule has 3 heterocycles. The molecule has 0 aliphatic heterocycles. The molecule has 0 spiro atoms. The number of carbonyl (C=O) groups is 2. The maximum absolute atomic E-state index is 13.9. The number of anilines is 1. The highest BCUT2D eigenvalue weighted by Gasteiger charge is 2.36. The average Bonchev–Trinajstić information content (AvgIpc) is 3.50. The van der Waals surface area contributed by atoms with Gasteiger partial charge in [0.25, 0.3) is 5.78 Å². The van der Waals surface area contributed by atoms with E-state index in [4.69, 9.17) is 24.5 Å². The van der Waals surface area contributed by atoms with Crippen LogP contribution in [0.4, 0.5) is 5.69 Å². The first-order valence-corrected chi connectivity index (χ1v) is 13.2. The number of Topliss-reactive ketones (excluding diaryl/α,β-unsaturated/α-hetero) is 1. The fourth-order valence-corrected chi connectivity index (χ4v) is 5.92. The molecule has 2 aromatic carbocycles. The number of rotatable bonds is 8. The Labute approximate surface area is 238 Å². The number of H-pyrrole nitrogens is 1. The molecular weight excluding hydrogens is 548 g/mol. The van der Waals surface area contributed by atoms with Crippen molar-refractivity contribution in [1.82, 2.24) is 10.3 Å². The zero-order chi connectivity index (χ0) is 29.6. The molecule has 0 fully saturated rings. The number of pyridine rings is 1. The molecule has 0 amide bonds. The minimum absolute atomic E-state index is 0.0739. The first-order valence-electron chi connectivity index (χ1n) is 12.4. The van der Waals surface area contributed by atoms with Crippen molar-refractivity contribution in [3.63, 3.8) is 0 Å². The van der Waals surface area contributed by atoms with Gasteiger partial charge < -0.3 is 19.9 Å². The SMILES string of the molecule is COc1cc(-c2c(C(C)=O)c(C)nc3sc(C(=O)c4c(=O)o[nH][n+]4-c4ccc(C)cc4)c(N)c23)cc(OC)c1OC. The summed E-state index contributed by atoms with van der Waals surface area (Å²) in [5.74, 6) is 0.210. The van der Waals surface area contributed by atoms with Gasteiger partial charge in [0.15, 0.2) is 17.3 Å². The van der Waals surface area contributed by atoms with Crippen LogP contribution in [-0.4, -0.2) is 43.2 Å². The molecule has 0 aliphatic carbocycles. The molecule has 12 heteroatoms. The van der Waals surface area contributed by atoms with Crippen LogP contribution >= 0.6 is 11.3 Å². The number of thiophene rings is 1. The van der Waals surface area contributed by atoms with Crippen LogP contribution in [-0.2, 0) is 0 Å². The zero-order valence-corrected chi connectivity index (χ0v) is 24.0. The summed E-state index contributed by atoms with van der Waals surface area (Å²) >= 11 is 1.02. The lowest BCUT2D eigenvalue weighted by Crippen LogP contribution is -2.41. The maximum Gasteiger partial charge on any atom is 0.439 e. The summed E-state index contributed by atoms with van der Waals surface area (Å²) < 4.78 is 22.8. The number of nitrogens with two attached hydrogens (primary N) is 1. The number of nitrogens with zero attached hydrogens (tertiary/aromatic N) is 2. The van der Waals surface area contributed by atoms with Crippen LogP contribution < -0.4 is 30.3 Å². The number of nitrogens with one attached hydrogen (secondary N) is 1. The second kappa shape index (κ2) is 10.5. The number of ether oxygens (including phenoxy) is 3. The van der Waals surface area contributed by atoms with E-state index in [0.29, 0.717) is 55.5 Å². The highest BCUT2D eigenvalue weighted by Crippen LogP contribution is 2.47. The summed E-state index contributed by atoms with van der Waals surface area (Å²) in [6, 6.07) is 10.6. The third kappa shape index (κ3) is 4.51. The number of benzene rings is 2. The Hall–Kier alpha value is -4.97. The summed E-state index contributed by atoms with van der Waals surface area (Å²) in [4.78, 5) is 44.7. The minimum Gasteiger partial charge on any atom is -0.493 e. The van der Waals surface area contributed by atoms with E-state index < -0.39 is 11.4 Å².